The van der Waals surface area contributed by atoms with Gasteiger partial charge in [-0.1, -0.05) is 60.1 Å². The van der Waals surface area contributed by atoms with Gasteiger partial charge in [0.05, 0.1) is 5.75 Å². The van der Waals surface area contributed by atoms with Gasteiger partial charge in [0.15, 0.2) is 0 Å². The lowest BCUT2D eigenvalue weighted by Gasteiger charge is -2.31. The number of halogens is 1. The average molecular weight is 433 g/mol. The second-order valence-corrected chi connectivity index (χ2v) is 9.40. The number of carbonyl (C=O) groups excluding carboxylic acids is 2. The van der Waals surface area contributed by atoms with Gasteiger partial charge in [-0.05, 0) is 44.9 Å². The van der Waals surface area contributed by atoms with Crippen LogP contribution in [0.5, 0.6) is 0 Å². The lowest BCUT2D eigenvalue weighted by Crippen LogP contribution is -2.52. The minimum absolute atomic E-state index is 0.0672. The quantitative estimate of drug-likeness (QED) is 0.645. The Morgan fingerprint density at radius 3 is 2.31 bits per heavy atom. The minimum Gasteiger partial charge on any atom is -0.350 e. The molecule has 0 aliphatic heterocycles. The number of hydrogen-bond donors (Lipinski definition) is 1. The van der Waals surface area contributed by atoms with Gasteiger partial charge in [0.2, 0.25) is 11.8 Å². The van der Waals surface area contributed by atoms with Crippen molar-refractivity contribution in [3.8, 4) is 0 Å². The molecular weight excluding hydrogens is 404 g/mol. The molecule has 0 fully saturated rings. The highest BCUT2D eigenvalue weighted by molar-refractivity contribution is 7.99. The van der Waals surface area contributed by atoms with E-state index in [0.29, 0.717) is 17.3 Å². The van der Waals surface area contributed by atoms with E-state index in [1.54, 1.807) is 11.8 Å². The minimum atomic E-state index is -0.567. The first-order chi connectivity index (χ1) is 13.7. The smallest absolute Gasteiger partial charge is 0.242 e. The van der Waals surface area contributed by atoms with Crippen molar-refractivity contribution in [1.29, 1.82) is 0 Å². The van der Waals surface area contributed by atoms with E-state index in [4.69, 9.17) is 11.6 Å². The van der Waals surface area contributed by atoms with Crippen LogP contribution in [0.4, 0.5) is 0 Å². The molecule has 0 saturated carbocycles. The van der Waals surface area contributed by atoms with E-state index in [1.807, 2.05) is 75.4 Å². The molecule has 0 aromatic heterocycles. The van der Waals surface area contributed by atoms with E-state index >= 15 is 0 Å². The number of nitrogens with zero attached hydrogens (tertiary/aromatic N) is 1. The summed E-state index contributed by atoms with van der Waals surface area (Å²) in [5, 5.41) is 3.67. The summed E-state index contributed by atoms with van der Waals surface area (Å²) >= 11 is 7.70. The van der Waals surface area contributed by atoms with E-state index in [2.05, 4.69) is 5.32 Å². The summed E-state index contributed by atoms with van der Waals surface area (Å²) in [4.78, 5) is 27.4. The van der Waals surface area contributed by atoms with Gasteiger partial charge >= 0.3 is 0 Å². The molecule has 29 heavy (non-hydrogen) atoms. The summed E-state index contributed by atoms with van der Waals surface area (Å²) in [6.07, 6.45) is 0. The number of thioether (sulfide) groups is 1. The molecule has 1 N–H and O–H groups in total. The lowest BCUT2D eigenvalue weighted by atomic mass is 10.1. The van der Waals surface area contributed by atoms with Gasteiger partial charge in [-0.15, -0.1) is 11.8 Å². The van der Waals surface area contributed by atoms with Crippen molar-refractivity contribution in [2.24, 2.45) is 0 Å². The van der Waals surface area contributed by atoms with Crippen LogP contribution in [0, 0.1) is 0 Å². The summed E-state index contributed by atoms with van der Waals surface area (Å²) in [6.45, 7) is 7.97. The van der Waals surface area contributed by atoms with Gasteiger partial charge in [-0.2, -0.15) is 0 Å². The topological polar surface area (TPSA) is 49.4 Å². The van der Waals surface area contributed by atoms with E-state index in [1.165, 1.54) is 11.8 Å². The molecule has 0 heterocycles. The summed E-state index contributed by atoms with van der Waals surface area (Å²) in [7, 11) is 0. The van der Waals surface area contributed by atoms with Gasteiger partial charge in [-0.3, -0.25) is 9.59 Å². The second-order valence-electron chi connectivity index (χ2n) is 8.01. The molecule has 6 heteroatoms. The van der Waals surface area contributed by atoms with E-state index in [9.17, 15) is 9.59 Å². The Labute approximate surface area is 183 Å². The Morgan fingerprint density at radius 1 is 1.07 bits per heavy atom. The molecule has 0 aliphatic rings. The molecule has 0 bridgehead atoms. The maximum atomic E-state index is 13.0. The van der Waals surface area contributed by atoms with Gasteiger partial charge in [0, 0.05) is 22.9 Å². The number of benzene rings is 2. The second kappa shape index (κ2) is 10.7. The molecule has 1 atom stereocenters. The van der Waals surface area contributed by atoms with Crippen LogP contribution in [0.15, 0.2) is 54.6 Å². The lowest BCUT2D eigenvalue weighted by molar-refractivity contribution is -0.139. The first-order valence-electron chi connectivity index (χ1n) is 9.64. The normalized spacial score (nSPS) is 12.3. The van der Waals surface area contributed by atoms with Gasteiger partial charge in [0.1, 0.15) is 6.04 Å². The van der Waals surface area contributed by atoms with Crippen molar-refractivity contribution in [3.05, 3.63) is 70.7 Å². The molecule has 2 amide bonds. The zero-order valence-corrected chi connectivity index (χ0v) is 19.0. The maximum Gasteiger partial charge on any atom is 0.242 e. The molecule has 0 aliphatic carbocycles. The van der Waals surface area contributed by atoms with E-state index in [-0.39, 0.29) is 23.1 Å². The first kappa shape index (κ1) is 23.3. The zero-order valence-electron chi connectivity index (χ0n) is 17.4. The van der Waals surface area contributed by atoms with Crippen LogP contribution in [0.2, 0.25) is 5.02 Å². The van der Waals surface area contributed by atoms with Gasteiger partial charge < -0.3 is 10.2 Å². The van der Waals surface area contributed by atoms with Crippen molar-refractivity contribution in [2.45, 2.75) is 51.6 Å². The standard InChI is InChI=1S/C23H29ClN2O2S/c1-17(22(28)25-23(2,3)4)26(14-18-10-6-5-7-11-18)21(27)16-29-15-19-12-8-9-13-20(19)24/h5-13,17H,14-16H2,1-4H3,(H,25,28)/t17-/m1/s1. The zero-order chi connectivity index (χ0) is 21.4. The molecule has 2 aromatic carbocycles. The Kier molecular flexibility index (Phi) is 8.60. The molecule has 2 aromatic rings. The van der Waals surface area contributed by atoms with Crippen LogP contribution >= 0.6 is 23.4 Å². The van der Waals surface area contributed by atoms with Crippen LogP contribution in [0.1, 0.15) is 38.8 Å². The third-order valence-electron chi connectivity index (χ3n) is 4.30. The van der Waals surface area contributed by atoms with Crippen molar-refractivity contribution in [2.75, 3.05) is 5.75 Å². The summed E-state index contributed by atoms with van der Waals surface area (Å²) in [6, 6.07) is 16.8. The van der Waals surface area contributed by atoms with Crippen molar-refractivity contribution >= 4 is 35.2 Å². The molecular formula is C23H29ClN2O2S. The van der Waals surface area contributed by atoms with Crippen LogP contribution < -0.4 is 5.32 Å². The predicted molar refractivity (Wildman–Crippen MR) is 122 cm³/mol. The number of hydrogen-bond acceptors (Lipinski definition) is 3. The Balaban J connectivity index is 2.07. The highest BCUT2D eigenvalue weighted by atomic mass is 35.5. The number of rotatable bonds is 8. The first-order valence-corrected chi connectivity index (χ1v) is 11.2. The molecule has 0 radical (unpaired) electrons. The molecule has 0 unspecified atom stereocenters. The number of carbonyl (C=O) groups is 2. The van der Waals surface area contributed by atoms with Crippen molar-refractivity contribution in [1.82, 2.24) is 10.2 Å². The Hall–Kier alpha value is -1.98. The number of nitrogens with one attached hydrogen (secondary N) is 1. The van der Waals surface area contributed by atoms with E-state index in [0.717, 1.165) is 11.1 Å². The fraction of sp³-hybridized carbons (Fsp3) is 0.391. The third kappa shape index (κ3) is 7.75. The molecule has 4 nitrogen and oxygen atoms in total. The van der Waals surface area contributed by atoms with Gasteiger partial charge in [-0.25, -0.2) is 0 Å². The molecule has 0 spiro atoms. The van der Waals surface area contributed by atoms with Crippen molar-refractivity contribution < 1.29 is 9.59 Å². The largest absolute Gasteiger partial charge is 0.350 e. The fourth-order valence-electron chi connectivity index (χ4n) is 2.78. The molecule has 156 valence electrons. The number of amides is 2. The van der Waals surface area contributed by atoms with Crippen LogP contribution in [-0.4, -0.2) is 34.0 Å². The van der Waals surface area contributed by atoms with Gasteiger partial charge in [0.25, 0.3) is 0 Å². The molecule has 0 saturated heterocycles. The van der Waals surface area contributed by atoms with Crippen LogP contribution in [0.25, 0.3) is 0 Å². The maximum absolute atomic E-state index is 13.0. The van der Waals surface area contributed by atoms with E-state index < -0.39 is 6.04 Å². The fourth-order valence-corrected chi connectivity index (χ4v) is 3.98. The summed E-state index contributed by atoms with van der Waals surface area (Å²) < 4.78 is 0. The monoisotopic (exact) mass is 432 g/mol. The van der Waals surface area contributed by atoms with Crippen LogP contribution in [0.3, 0.4) is 0 Å². The predicted octanol–water partition coefficient (Wildman–Crippen LogP) is 4.91. The SMILES string of the molecule is C[C@H](C(=O)NC(C)(C)C)N(Cc1ccccc1)C(=O)CSCc1ccccc1Cl. The Bertz CT molecular complexity index is 821. The third-order valence-corrected chi connectivity index (χ3v) is 5.64. The summed E-state index contributed by atoms with van der Waals surface area (Å²) in [5.41, 5.74) is 1.64. The highest BCUT2D eigenvalue weighted by Crippen LogP contribution is 2.21. The van der Waals surface area contributed by atoms with Crippen molar-refractivity contribution in [3.63, 3.8) is 0 Å². The Morgan fingerprint density at radius 2 is 1.69 bits per heavy atom. The summed E-state index contributed by atoms with van der Waals surface area (Å²) in [5.74, 6) is 0.707. The van der Waals surface area contributed by atoms with Crippen LogP contribution in [-0.2, 0) is 21.9 Å². The molecule has 2 rings (SSSR count). The highest BCUT2D eigenvalue weighted by Gasteiger charge is 2.28. The average Bonchev–Trinajstić information content (AvgIpc) is 2.66.